The highest BCUT2D eigenvalue weighted by atomic mass is 16.6. The van der Waals surface area contributed by atoms with Gasteiger partial charge in [-0.2, -0.15) is 0 Å². The fraction of sp³-hybridized carbons (Fsp3) is 0.562. The predicted octanol–water partition coefficient (Wildman–Crippen LogP) is 2.91. The predicted molar refractivity (Wildman–Crippen MR) is 82.7 cm³/mol. The number of carbonyl (C=O) groups is 1. The molecule has 1 saturated carbocycles. The van der Waals surface area contributed by atoms with Crippen LogP contribution in [0.1, 0.15) is 33.1 Å². The number of nitro groups is 1. The molecule has 1 aromatic carbocycles. The molecule has 6 nitrogen and oxygen atoms in total. The summed E-state index contributed by atoms with van der Waals surface area (Å²) < 4.78 is 5.31. The first-order chi connectivity index (χ1) is 10.5. The van der Waals surface area contributed by atoms with Crippen molar-refractivity contribution in [2.45, 2.75) is 39.2 Å². The lowest BCUT2D eigenvalue weighted by Crippen LogP contribution is -2.45. The van der Waals surface area contributed by atoms with Crippen molar-refractivity contribution < 1.29 is 14.5 Å². The van der Waals surface area contributed by atoms with Crippen molar-refractivity contribution in [2.75, 3.05) is 6.61 Å². The Hall–Kier alpha value is -2.11. The zero-order valence-corrected chi connectivity index (χ0v) is 13.0. The number of carbonyl (C=O) groups excluding carboxylic acids is 1. The summed E-state index contributed by atoms with van der Waals surface area (Å²) in [5, 5.41) is 13.9. The van der Waals surface area contributed by atoms with Crippen LogP contribution in [0.25, 0.3) is 0 Å². The lowest BCUT2D eigenvalue weighted by atomic mass is 9.78. The van der Waals surface area contributed by atoms with E-state index in [1.807, 2.05) is 0 Å². The van der Waals surface area contributed by atoms with Crippen molar-refractivity contribution >= 4 is 11.6 Å². The molecule has 0 aromatic heterocycles. The number of amides is 1. The van der Waals surface area contributed by atoms with Crippen LogP contribution >= 0.6 is 0 Å². The van der Waals surface area contributed by atoms with Crippen molar-refractivity contribution in [1.82, 2.24) is 5.32 Å². The molecule has 0 heterocycles. The summed E-state index contributed by atoms with van der Waals surface area (Å²) >= 11 is 0. The second kappa shape index (κ2) is 7.24. The Bertz CT molecular complexity index is 547. The largest absolute Gasteiger partial charge is 0.477 e. The number of nitrogens with zero attached hydrogens (tertiary/aromatic N) is 1. The van der Waals surface area contributed by atoms with E-state index in [-0.39, 0.29) is 30.0 Å². The molecule has 1 N–H and O–H groups in total. The normalized spacial score (nSPS) is 24.5. The number of hydrogen-bond donors (Lipinski definition) is 1. The zero-order chi connectivity index (χ0) is 16.1. The molecule has 0 radical (unpaired) electrons. The first-order valence-corrected chi connectivity index (χ1v) is 7.64. The Morgan fingerprint density at radius 2 is 2.09 bits per heavy atom. The van der Waals surface area contributed by atoms with E-state index in [2.05, 4.69) is 19.2 Å². The highest BCUT2D eigenvalue weighted by molar-refractivity contribution is 5.78. The summed E-state index contributed by atoms with van der Waals surface area (Å²) in [6.07, 6.45) is 3.28. The maximum absolute atomic E-state index is 12.0. The van der Waals surface area contributed by atoms with Gasteiger partial charge in [-0.1, -0.05) is 38.8 Å². The maximum Gasteiger partial charge on any atom is 0.310 e. The average molecular weight is 306 g/mol. The standard InChI is InChI=1S/C16H22N2O4/c1-11-6-5-7-13(12(11)2)17-16(19)10-22-15-9-4-3-8-14(15)18(20)21/h3-4,8-9,11-13H,5-7,10H2,1-2H3,(H,17,19)/t11-,12-,13+/m1/s1. The SMILES string of the molecule is C[C@@H]1[C@H](C)CCC[C@@H]1NC(=O)COc1ccccc1[N+](=O)[O-]. The maximum atomic E-state index is 12.0. The zero-order valence-electron chi connectivity index (χ0n) is 13.0. The molecule has 0 bridgehead atoms. The fourth-order valence-corrected chi connectivity index (χ4v) is 2.91. The third-order valence-electron chi connectivity index (χ3n) is 4.47. The minimum Gasteiger partial charge on any atom is -0.477 e. The van der Waals surface area contributed by atoms with Crippen LogP contribution < -0.4 is 10.1 Å². The van der Waals surface area contributed by atoms with Gasteiger partial charge >= 0.3 is 5.69 Å². The molecule has 120 valence electrons. The van der Waals surface area contributed by atoms with Crippen LogP contribution in [-0.2, 0) is 4.79 Å². The molecule has 0 saturated heterocycles. The highest BCUT2D eigenvalue weighted by Crippen LogP contribution is 2.29. The monoisotopic (exact) mass is 306 g/mol. The van der Waals surface area contributed by atoms with Crippen molar-refractivity contribution in [3.05, 3.63) is 34.4 Å². The van der Waals surface area contributed by atoms with E-state index >= 15 is 0 Å². The molecule has 3 atom stereocenters. The van der Waals surface area contributed by atoms with Crippen LogP contribution in [0.4, 0.5) is 5.69 Å². The molecule has 1 aliphatic carbocycles. The van der Waals surface area contributed by atoms with Crippen LogP contribution in [-0.4, -0.2) is 23.5 Å². The smallest absolute Gasteiger partial charge is 0.310 e. The van der Waals surface area contributed by atoms with Gasteiger partial charge in [0.1, 0.15) is 0 Å². The van der Waals surface area contributed by atoms with E-state index in [9.17, 15) is 14.9 Å². The summed E-state index contributed by atoms with van der Waals surface area (Å²) in [5.74, 6) is 0.913. The number of hydrogen-bond acceptors (Lipinski definition) is 4. The Kier molecular flexibility index (Phi) is 5.35. The second-order valence-corrected chi connectivity index (χ2v) is 5.95. The first-order valence-electron chi connectivity index (χ1n) is 7.64. The molecule has 6 heteroatoms. The molecule has 0 spiro atoms. The fourth-order valence-electron chi connectivity index (χ4n) is 2.91. The molecule has 0 unspecified atom stereocenters. The number of nitro benzene ring substituents is 1. The summed E-state index contributed by atoms with van der Waals surface area (Å²) in [5.41, 5.74) is -0.130. The lowest BCUT2D eigenvalue weighted by Gasteiger charge is -2.34. The van der Waals surface area contributed by atoms with E-state index < -0.39 is 4.92 Å². The Morgan fingerprint density at radius 1 is 1.36 bits per heavy atom. The number of para-hydroxylation sites is 2. The molecule has 1 aromatic rings. The minimum atomic E-state index is -0.516. The number of rotatable bonds is 5. The molecule has 1 fully saturated rings. The summed E-state index contributed by atoms with van der Waals surface area (Å²) in [6, 6.07) is 6.22. The molecule has 2 rings (SSSR count). The molecule has 1 aliphatic rings. The summed E-state index contributed by atoms with van der Waals surface area (Å²) in [7, 11) is 0. The van der Waals surface area contributed by atoms with Gasteiger partial charge in [-0.15, -0.1) is 0 Å². The van der Waals surface area contributed by atoms with Crippen LogP contribution in [0.2, 0.25) is 0 Å². The van der Waals surface area contributed by atoms with Crippen LogP contribution in [0.3, 0.4) is 0 Å². The molecule has 22 heavy (non-hydrogen) atoms. The highest BCUT2D eigenvalue weighted by Gasteiger charge is 2.28. The van der Waals surface area contributed by atoms with E-state index in [4.69, 9.17) is 4.74 Å². The minimum absolute atomic E-state index is 0.118. The number of nitrogens with one attached hydrogen (secondary N) is 1. The van der Waals surface area contributed by atoms with Crippen molar-refractivity contribution in [2.24, 2.45) is 11.8 Å². The molecule has 0 aliphatic heterocycles. The quantitative estimate of drug-likeness (QED) is 0.670. The van der Waals surface area contributed by atoms with E-state index in [0.717, 1.165) is 12.8 Å². The Labute approximate surface area is 130 Å². The summed E-state index contributed by atoms with van der Waals surface area (Å²) in [6.45, 7) is 4.15. The topological polar surface area (TPSA) is 81.5 Å². The molecule has 1 amide bonds. The van der Waals surface area contributed by atoms with Gasteiger partial charge < -0.3 is 10.1 Å². The summed E-state index contributed by atoms with van der Waals surface area (Å²) in [4.78, 5) is 22.4. The first kappa shape index (κ1) is 16.3. The van der Waals surface area contributed by atoms with Gasteiger partial charge in [-0.3, -0.25) is 14.9 Å². The molecular weight excluding hydrogens is 284 g/mol. The van der Waals surface area contributed by atoms with E-state index in [0.29, 0.717) is 11.8 Å². The van der Waals surface area contributed by atoms with Gasteiger partial charge in [0.05, 0.1) is 4.92 Å². The van der Waals surface area contributed by atoms with Crippen molar-refractivity contribution in [3.8, 4) is 5.75 Å². The van der Waals surface area contributed by atoms with Gasteiger partial charge in [0.15, 0.2) is 12.4 Å². The van der Waals surface area contributed by atoms with E-state index in [1.54, 1.807) is 12.1 Å². The van der Waals surface area contributed by atoms with Gasteiger partial charge in [0.2, 0.25) is 0 Å². The van der Waals surface area contributed by atoms with Crippen molar-refractivity contribution in [3.63, 3.8) is 0 Å². The lowest BCUT2D eigenvalue weighted by molar-refractivity contribution is -0.385. The van der Waals surface area contributed by atoms with Gasteiger partial charge in [-0.25, -0.2) is 0 Å². The van der Waals surface area contributed by atoms with Gasteiger partial charge in [0.25, 0.3) is 5.91 Å². The Morgan fingerprint density at radius 3 is 2.82 bits per heavy atom. The van der Waals surface area contributed by atoms with E-state index in [1.165, 1.54) is 18.6 Å². The average Bonchev–Trinajstić information content (AvgIpc) is 2.50. The number of benzene rings is 1. The van der Waals surface area contributed by atoms with Gasteiger partial charge in [-0.05, 0) is 24.3 Å². The Balaban J connectivity index is 1.89. The second-order valence-electron chi connectivity index (χ2n) is 5.95. The van der Waals surface area contributed by atoms with Crippen molar-refractivity contribution in [1.29, 1.82) is 0 Å². The third-order valence-corrected chi connectivity index (χ3v) is 4.47. The van der Waals surface area contributed by atoms with Crippen LogP contribution in [0, 0.1) is 22.0 Å². The van der Waals surface area contributed by atoms with Crippen LogP contribution in [0.15, 0.2) is 24.3 Å². The molecular formula is C16H22N2O4. The third kappa shape index (κ3) is 3.96. The number of ether oxygens (including phenoxy) is 1. The van der Waals surface area contributed by atoms with Gasteiger partial charge in [0, 0.05) is 12.1 Å². The van der Waals surface area contributed by atoms with Crippen LogP contribution in [0.5, 0.6) is 5.75 Å².